The smallest absolute Gasteiger partial charge is 0.317 e. The number of ether oxygens (including phenoxy) is 5. The first-order valence-electron chi connectivity index (χ1n) is 10.3. The van der Waals surface area contributed by atoms with E-state index in [4.69, 9.17) is 23.7 Å². The lowest BCUT2D eigenvalue weighted by Crippen LogP contribution is -2.34. The Balaban J connectivity index is 2.12. The highest BCUT2D eigenvalue weighted by Crippen LogP contribution is 2.45. The van der Waals surface area contributed by atoms with E-state index in [2.05, 4.69) is 0 Å². The second kappa shape index (κ2) is 10.2. The number of allylic oxidation sites excluding steroid dienone is 2. The van der Waals surface area contributed by atoms with E-state index in [-0.39, 0.29) is 12.4 Å². The minimum Gasteiger partial charge on any atom is -0.497 e. The van der Waals surface area contributed by atoms with Gasteiger partial charge < -0.3 is 23.7 Å². The third kappa shape index (κ3) is 4.56. The van der Waals surface area contributed by atoms with Crippen LogP contribution >= 0.6 is 0 Å². The van der Waals surface area contributed by atoms with Gasteiger partial charge in [-0.15, -0.1) is 0 Å². The molecule has 0 aromatic heterocycles. The molecule has 0 aliphatic heterocycles. The molecule has 0 unspecified atom stereocenters. The van der Waals surface area contributed by atoms with Crippen molar-refractivity contribution in [3.8, 4) is 23.0 Å². The highest BCUT2D eigenvalue weighted by molar-refractivity contribution is 6.10. The first-order chi connectivity index (χ1) is 15.5. The van der Waals surface area contributed by atoms with Gasteiger partial charge in [-0.1, -0.05) is 6.07 Å². The fourth-order valence-electron chi connectivity index (χ4n) is 4.04. The summed E-state index contributed by atoms with van der Waals surface area (Å²) in [5.41, 5.74) is 2.31. The maximum Gasteiger partial charge on any atom is 0.317 e. The van der Waals surface area contributed by atoms with Gasteiger partial charge in [-0.05, 0) is 60.9 Å². The molecule has 0 heterocycles. The summed E-state index contributed by atoms with van der Waals surface area (Å²) < 4.78 is 26.9. The molecule has 170 valence electrons. The lowest BCUT2D eigenvalue weighted by atomic mass is 9.73. The summed E-state index contributed by atoms with van der Waals surface area (Å²) in [6, 6.07) is 10.8. The van der Waals surface area contributed by atoms with E-state index in [1.807, 2.05) is 12.1 Å². The molecule has 1 aliphatic carbocycles. The molecule has 3 rings (SSSR count). The van der Waals surface area contributed by atoms with Gasteiger partial charge in [-0.25, -0.2) is 0 Å². The van der Waals surface area contributed by atoms with Crippen LogP contribution in [0.15, 0.2) is 42.5 Å². The van der Waals surface area contributed by atoms with Gasteiger partial charge in [0.2, 0.25) is 0 Å². The maximum atomic E-state index is 13.2. The predicted molar refractivity (Wildman–Crippen MR) is 120 cm³/mol. The molecule has 7 nitrogen and oxygen atoms in total. The summed E-state index contributed by atoms with van der Waals surface area (Å²) in [5.74, 6) is 0.0178. The molecule has 0 saturated carbocycles. The van der Waals surface area contributed by atoms with Gasteiger partial charge in [-0.2, -0.15) is 0 Å². The van der Waals surface area contributed by atoms with E-state index in [1.54, 1.807) is 59.6 Å². The Bertz CT molecular complexity index is 1020. The summed E-state index contributed by atoms with van der Waals surface area (Å²) in [4.78, 5) is 26.0. The van der Waals surface area contributed by atoms with Crippen LogP contribution in [0, 0.1) is 5.92 Å². The lowest BCUT2D eigenvalue weighted by Gasteiger charge is -2.30. The normalized spacial score (nSPS) is 17.9. The summed E-state index contributed by atoms with van der Waals surface area (Å²) in [6.45, 7) is 1.91. The standard InChI is InChI=1S/C25H28O7/c1-6-32-25(27)24-19(18-14-17(28-2)8-10-21(18)29-3)11-16(12-20(24)26)15-7-9-22(30-4)23(13-15)31-5/h7-10,12-14,19,24H,6,11H2,1-5H3/t19-,24-/m0/s1. The van der Waals surface area contributed by atoms with Crippen molar-refractivity contribution in [1.29, 1.82) is 0 Å². The average Bonchev–Trinajstić information content (AvgIpc) is 2.82. The molecule has 0 bridgehead atoms. The van der Waals surface area contributed by atoms with Crippen LogP contribution in [0.5, 0.6) is 23.0 Å². The summed E-state index contributed by atoms with van der Waals surface area (Å²) in [7, 11) is 6.24. The molecule has 0 radical (unpaired) electrons. The highest BCUT2D eigenvalue weighted by Gasteiger charge is 2.41. The number of carbonyl (C=O) groups excluding carboxylic acids is 2. The molecular weight excluding hydrogens is 412 g/mol. The van der Waals surface area contributed by atoms with Gasteiger partial charge in [0.25, 0.3) is 0 Å². The predicted octanol–water partition coefficient (Wildman–Crippen LogP) is 4.04. The molecule has 0 amide bonds. The molecule has 2 atom stereocenters. The minimum atomic E-state index is -0.972. The van der Waals surface area contributed by atoms with Crippen LogP contribution in [-0.2, 0) is 14.3 Å². The SMILES string of the molecule is CCOC(=O)[C@@H]1C(=O)C=C(c2ccc(OC)c(OC)c2)C[C@H]1c1cc(OC)ccc1OC. The zero-order chi connectivity index (χ0) is 23.3. The highest BCUT2D eigenvalue weighted by atomic mass is 16.5. The molecule has 0 spiro atoms. The van der Waals surface area contributed by atoms with Crippen molar-refractivity contribution >= 4 is 17.3 Å². The first kappa shape index (κ1) is 23.2. The van der Waals surface area contributed by atoms with E-state index >= 15 is 0 Å². The van der Waals surface area contributed by atoms with Gasteiger partial charge >= 0.3 is 5.97 Å². The fraction of sp³-hybridized carbons (Fsp3) is 0.360. The Morgan fingerprint density at radius 1 is 0.906 bits per heavy atom. The Kier molecular flexibility index (Phi) is 7.41. The molecular formula is C25H28O7. The van der Waals surface area contributed by atoms with Crippen molar-refractivity contribution in [2.45, 2.75) is 19.3 Å². The number of hydrogen-bond donors (Lipinski definition) is 0. The number of methoxy groups -OCH3 is 4. The molecule has 2 aromatic rings. The molecule has 0 fully saturated rings. The number of hydrogen-bond acceptors (Lipinski definition) is 7. The van der Waals surface area contributed by atoms with E-state index in [1.165, 1.54) is 6.08 Å². The van der Waals surface area contributed by atoms with Crippen LogP contribution in [0.2, 0.25) is 0 Å². The lowest BCUT2D eigenvalue weighted by molar-refractivity contribution is -0.151. The van der Waals surface area contributed by atoms with Crippen molar-refractivity contribution in [2.75, 3.05) is 35.0 Å². The summed E-state index contributed by atoms with van der Waals surface area (Å²) in [6.07, 6.45) is 1.94. The Morgan fingerprint density at radius 3 is 2.22 bits per heavy atom. The van der Waals surface area contributed by atoms with E-state index in [9.17, 15) is 9.59 Å². The monoisotopic (exact) mass is 440 g/mol. The number of carbonyl (C=O) groups is 2. The Morgan fingerprint density at radius 2 is 1.59 bits per heavy atom. The number of esters is 1. The average molecular weight is 440 g/mol. The molecule has 1 aliphatic rings. The molecule has 7 heteroatoms. The van der Waals surface area contributed by atoms with Crippen LogP contribution in [-0.4, -0.2) is 46.8 Å². The molecule has 2 aromatic carbocycles. The summed E-state index contributed by atoms with van der Waals surface area (Å²) >= 11 is 0. The molecule has 0 saturated heterocycles. The number of rotatable bonds is 8. The zero-order valence-electron chi connectivity index (χ0n) is 19.0. The van der Waals surface area contributed by atoms with Gasteiger partial charge in [0.15, 0.2) is 17.3 Å². The van der Waals surface area contributed by atoms with Gasteiger partial charge in [0.05, 0.1) is 35.0 Å². The van der Waals surface area contributed by atoms with Crippen molar-refractivity contribution in [3.05, 3.63) is 53.6 Å². The van der Waals surface area contributed by atoms with Gasteiger partial charge in [0, 0.05) is 11.5 Å². The van der Waals surface area contributed by atoms with Crippen molar-refractivity contribution in [1.82, 2.24) is 0 Å². The molecule has 32 heavy (non-hydrogen) atoms. The van der Waals surface area contributed by atoms with Crippen LogP contribution in [0.4, 0.5) is 0 Å². The fourth-order valence-corrected chi connectivity index (χ4v) is 4.04. The van der Waals surface area contributed by atoms with Crippen LogP contribution < -0.4 is 18.9 Å². The molecule has 0 N–H and O–H groups in total. The quantitative estimate of drug-likeness (QED) is 0.453. The maximum absolute atomic E-state index is 13.2. The van der Waals surface area contributed by atoms with Crippen molar-refractivity contribution in [2.24, 2.45) is 5.92 Å². The number of ketones is 1. The first-order valence-corrected chi connectivity index (χ1v) is 10.3. The second-order valence-corrected chi connectivity index (χ2v) is 7.29. The topological polar surface area (TPSA) is 80.3 Å². The van der Waals surface area contributed by atoms with Crippen LogP contribution in [0.3, 0.4) is 0 Å². The van der Waals surface area contributed by atoms with Gasteiger partial charge in [0.1, 0.15) is 17.4 Å². The van der Waals surface area contributed by atoms with E-state index < -0.39 is 17.8 Å². The van der Waals surface area contributed by atoms with E-state index in [0.29, 0.717) is 35.0 Å². The van der Waals surface area contributed by atoms with Gasteiger partial charge in [-0.3, -0.25) is 9.59 Å². The van der Waals surface area contributed by atoms with E-state index in [0.717, 1.165) is 11.1 Å². The third-order valence-electron chi connectivity index (χ3n) is 5.60. The second-order valence-electron chi connectivity index (χ2n) is 7.29. The van der Waals surface area contributed by atoms with Crippen molar-refractivity contribution < 1.29 is 33.3 Å². The third-order valence-corrected chi connectivity index (χ3v) is 5.60. The zero-order valence-corrected chi connectivity index (χ0v) is 19.0. The Hall–Kier alpha value is -3.48. The summed E-state index contributed by atoms with van der Waals surface area (Å²) in [5, 5.41) is 0. The van der Waals surface area contributed by atoms with Crippen LogP contribution in [0.1, 0.15) is 30.4 Å². The minimum absolute atomic E-state index is 0.191. The Labute approximate surface area is 187 Å². The largest absolute Gasteiger partial charge is 0.497 e. The number of benzene rings is 2. The van der Waals surface area contributed by atoms with Crippen LogP contribution in [0.25, 0.3) is 5.57 Å². The van der Waals surface area contributed by atoms with Crippen molar-refractivity contribution in [3.63, 3.8) is 0 Å².